The summed E-state index contributed by atoms with van der Waals surface area (Å²) in [6, 6.07) is 3.56. The molecule has 192 valence electrons. The maximum atomic E-state index is 14.5. The molecule has 1 N–H and O–H groups in total. The smallest absolute Gasteiger partial charge is 0.341 e. The van der Waals surface area contributed by atoms with Crippen LogP contribution in [0.4, 0.5) is 23.9 Å². The normalized spacial score (nSPS) is 17.5. The molecule has 0 radical (unpaired) electrons. The number of halogens is 3. The molecule has 1 aromatic carbocycles. The van der Waals surface area contributed by atoms with Crippen LogP contribution < -0.4 is 4.90 Å². The zero-order chi connectivity index (χ0) is 26.3. The van der Waals surface area contributed by atoms with Gasteiger partial charge in [0.1, 0.15) is 11.6 Å². The number of aromatic nitrogens is 3. The lowest BCUT2D eigenvalue weighted by Crippen LogP contribution is -2.52. The van der Waals surface area contributed by atoms with E-state index in [1.807, 2.05) is 0 Å². The molecule has 0 saturated carbocycles. The van der Waals surface area contributed by atoms with E-state index in [9.17, 15) is 27.9 Å². The molecule has 0 aliphatic carbocycles. The van der Waals surface area contributed by atoms with Crippen molar-refractivity contribution in [1.82, 2.24) is 24.4 Å². The molecule has 1 atom stereocenters. The Balaban J connectivity index is 1.29. The first-order valence-electron chi connectivity index (χ1n) is 11.5. The Kier molecular flexibility index (Phi) is 6.27. The van der Waals surface area contributed by atoms with Crippen LogP contribution in [0.1, 0.15) is 34.1 Å². The molecule has 4 heterocycles. The summed E-state index contributed by atoms with van der Waals surface area (Å²) in [6.07, 6.45) is 4.19. The van der Waals surface area contributed by atoms with Crippen molar-refractivity contribution in [3.63, 3.8) is 0 Å². The minimum Gasteiger partial charge on any atom is -0.478 e. The zero-order valence-electron chi connectivity index (χ0n) is 19.7. The number of amides is 2. The summed E-state index contributed by atoms with van der Waals surface area (Å²) in [4.78, 5) is 36.2. The predicted octanol–water partition coefficient (Wildman–Crippen LogP) is 3.37. The SMILES string of the molecule is Cc1cc(C(=O)O)cn1-c1nc(N2CCN(C(=O)N3N=CCC3c3cc(F)cc(F)c3)CC2)ncc1F. The van der Waals surface area contributed by atoms with Crippen molar-refractivity contribution in [3.8, 4) is 5.82 Å². The quantitative estimate of drug-likeness (QED) is 0.574. The van der Waals surface area contributed by atoms with E-state index >= 15 is 0 Å². The van der Waals surface area contributed by atoms with Crippen LogP contribution in [0.5, 0.6) is 0 Å². The average molecular weight is 513 g/mol. The summed E-state index contributed by atoms with van der Waals surface area (Å²) in [6.45, 7) is 2.91. The summed E-state index contributed by atoms with van der Waals surface area (Å²) in [5.74, 6) is -3.14. The highest BCUT2D eigenvalue weighted by Gasteiger charge is 2.34. The van der Waals surface area contributed by atoms with Gasteiger partial charge in [0.2, 0.25) is 5.95 Å². The predicted molar refractivity (Wildman–Crippen MR) is 126 cm³/mol. The standard InChI is InChI=1S/C24H22F3N7O3/c1-14-8-16(22(35)36)13-33(14)21-19(27)12-28-23(30-21)31-4-6-32(7-5-31)24(37)34-20(2-3-29-34)15-9-17(25)11-18(26)10-15/h3,8-13,20H,2,4-7H2,1H3,(H,35,36). The second kappa shape index (κ2) is 9.56. The Morgan fingerprint density at radius 3 is 2.38 bits per heavy atom. The van der Waals surface area contributed by atoms with E-state index in [-0.39, 0.29) is 30.4 Å². The van der Waals surface area contributed by atoms with Gasteiger partial charge in [-0.05, 0) is 30.7 Å². The van der Waals surface area contributed by atoms with Crippen molar-refractivity contribution in [3.05, 3.63) is 70.9 Å². The van der Waals surface area contributed by atoms with E-state index in [1.165, 1.54) is 40.2 Å². The van der Waals surface area contributed by atoms with Crippen molar-refractivity contribution < 1.29 is 27.9 Å². The number of carboxylic acids is 1. The third kappa shape index (κ3) is 4.71. The molecule has 1 unspecified atom stereocenters. The minimum atomic E-state index is -1.13. The van der Waals surface area contributed by atoms with Crippen LogP contribution in [0.25, 0.3) is 5.82 Å². The van der Waals surface area contributed by atoms with Gasteiger partial charge in [-0.3, -0.25) is 0 Å². The molecular weight excluding hydrogens is 491 g/mol. The van der Waals surface area contributed by atoms with Crippen molar-refractivity contribution in [2.24, 2.45) is 5.10 Å². The number of aromatic carboxylic acids is 1. The summed E-state index contributed by atoms with van der Waals surface area (Å²) in [5, 5.41) is 14.6. The highest BCUT2D eigenvalue weighted by atomic mass is 19.1. The van der Waals surface area contributed by atoms with Gasteiger partial charge in [-0.2, -0.15) is 10.1 Å². The van der Waals surface area contributed by atoms with Crippen LogP contribution in [0, 0.1) is 24.4 Å². The van der Waals surface area contributed by atoms with E-state index in [0.29, 0.717) is 30.8 Å². The van der Waals surface area contributed by atoms with Gasteiger partial charge in [0.05, 0.1) is 17.8 Å². The number of urea groups is 1. The monoisotopic (exact) mass is 513 g/mol. The number of carbonyl (C=O) groups is 2. The van der Waals surface area contributed by atoms with Gasteiger partial charge in [-0.25, -0.2) is 32.8 Å². The topological polar surface area (TPSA) is 107 Å². The summed E-state index contributed by atoms with van der Waals surface area (Å²) < 4.78 is 43.4. The van der Waals surface area contributed by atoms with Gasteiger partial charge < -0.3 is 19.5 Å². The number of hydrogen-bond acceptors (Lipinski definition) is 6. The molecule has 2 aliphatic rings. The van der Waals surface area contributed by atoms with Crippen molar-refractivity contribution >= 4 is 24.2 Å². The molecule has 2 amide bonds. The van der Waals surface area contributed by atoms with Gasteiger partial charge in [0.15, 0.2) is 11.6 Å². The Morgan fingerprint density at radius 2 is 1.73 bits per heavy atom. The van der Waals surface area contributed by atoms with Crippen LogP contribution in [-0.2, 0) is 0 Å². The summed E-state index contributed by atoms with van der Waals surface area (Å²) in [7, 11) is 0. The van der Waals surface area contributed by atoms with E-state index < -0.39 is 35.5 Å². The largest absolute Gasteiger partial charge is 0.478 e. The molecule has 2 aliphatic heterocycles. The second-order valence-electron chi connectivity index (χ2n) is 8.74. The number of aryl methyl sites for hydroxylation is 1. The molecule has 0 spiro atoms. The molecular formula is C24H22F3N7O3. The lowest BCUT2D eigenvalue weighted by Gasteiger charge is -2.37. The number of carbonyl (C=O) groups excluding carboxylic acids is 1. The van der Waals surface area contributed by atoms with Crippen LogP contribution in [0.15, 0.2) is 41.8 Å². The number of piperazine rings is 1. The highest BCUT2D eigenvalue weighted by molar-refractivity contribution is 5.87. The lowest BCUT2D eigenvalue weighted by molar-refractivity contribution is 0.0697. The molecule has 5 rings (SSSR count). The minimum absolute atomic E-state index is 0.00745. The first-order valence-corrected chi connectivity index (χ1v) is 11.5. The fourth-order valence-corrected chi connectivity index (χ4v) is 4.47. The molecule has 3 aromatic rings. The molecule has 10 nitrogen and oxygen atoms in total. The summed E-state index contributed by atoms with van der Waals surface area (Å²) in [5.41, 5.74) is 0.823. The van der Waals surface area contributed by atoms with E-state index in [4.69, 9.17) is 0 Å². The highest BCUT2D eigenvalue weighted by Crippen LogP contribution is 2.30. The number of benzene rings is 1. The van der Waals surface area contributed by atoms with Crippen molar-refractivity contribution in [2.45, 2.75) is 19.4 Å². The Hall–Kier alpha value is -4.42. The van der Waals surface area contributed by atoms with Gasteiger partial charge in [0, 0.05) is 56.8 Å². The van der Waals surface area contributed by atoms with Gasteiger partial charge in [-0.1, -0.05) is 0 Å². The average Bonchev–Trinajstić information content (AvgIpc) is 3.51. The second-order valence-corrected chi connectivity index (χ2v) is 8.74. The maximum Gasteiger partial charge on any atom is 0.341 e. The van der Waals surface area contributed by atoms with E-state index in [0.717, 1.165) is 12.3 Å². The molecule has 13 heteroatoms. The number of hydrogen-bond donors (Lipinski definition) is 1. The number of hydrazone groups is 1. The lowest BCUT2D eigenvalue weighted by atomic mass is 10.0. The van der Waals surface area contributed by atoms with E-state index in [1.54, 1.807) is 16.7 Å². The van der Waals surface area contributed by atoms with Crippen molar-refractivity contribution in [1.29, 1.82) is 0 Å². The van der Waals surface area contributed by atoms with E-state index in [2.05, 4.69) is 15.1 Å². The van der Waals surface area contributed by atoms with Gasteiger partial charge in [-0.15, -0.1) is 0 Å². The first kappa shape index (κ1) is 24.3. The number of anilines is 1. The maximum absolute atomic E-state index is 14.5. The van der Waals surface area contributed by atoms with Crippen LogP contribution in [0.3, 0.4) is 0 Å². The molecule has 37 heavy (non-hydrogen) atoms. The van der Waals surface area contributed by atoms with Gasteiger partial charge in [0.25, 0.3) is 0 Å². The Bertz CT molecular complexity index is 1380. The Labute approximate surface area is 209 Å². The first-order chi connectivity index (χ1) is 17.7. The Morgan fingerprint density at radius 1 is 1.03 bits per heavy atom. The molecule has 2 aromatic heterocycles. The third-order valence-electron chi connectivity index (χ3n) is 6.33. The van der Waals surface area contributed by atoms with Crippen LogP contribution in [-0.4, -0.2) is 73.9 Å². The van der Waals surface area contributed by atoms with Gasteiger partial charge >= 0.3 is 12.0 Å². The fourth-order valence-electron chi connectivity index (χ4n) is 4.47. The van der Waals surface area contributed by atoms with Crippen LogP contribution >= 0.6 is 0 Å². The fraction of sp³-hybridized carbons (Fsp3) is 0.292. The number of carboxylic acid groups (broad SMARTS) is 1. The summed E-state index contributed by atoms with van der Waals surface area (Å²) >= 11 is 0. The third-order valence-corrected chi connectivity index (χ3v) is 6.33. The zero-order valence-corrected chi connectivity index (χ0v) is 19.7. The van der Waals surface area contributed by atoms with Crippen LogP contribution in [0.2, 0.25) is 0 Å². The molecule has 1 saturated heterocycles. The van der Waals surface area contributed by atoms with Crippen molar-refractivity contribution in [2.75, 3.05) is 31.1 Å². The molecule has 0 bridgehead atoms. The number of nitrogens with zero attached hydrogens (tertiary/aromatic N) is 7. The number of rotatable bonds is 4. The molecule has 1 fully saturated rings.